The highest BCUT2D eigenvalue weighted by molar-refractivity contribution is 4.76. The first-order chi connectivity index (χ1) is 7.88. The van der Waals surface area contributed by atoms with Gasteiger partial charge in [0.1, 0.15) is 0 Å². The number of hydrogen-bond acceptors (Lipinski definition) is 2. The maximum atomic E-state index is 3.60. The van der Waals surface area contributed by atoms with Gasteiger partial charge < -0.3 is 10.2 Å². The lowest BCUT2D eigenvalue weighted by Crippen LogP contribution is -2.36. The zero-order chi connectivity index (χ0) is 11.2. The third-order valence-corrected chi connectivity index (χ3v) is 4.37. The van der Waals surface area contributed by atoms with Crippen molar-refractivity contribution in [3.05, 3.63) is 0 Å². The summed E-state index contributed by atoms with van der Waals surface area (Å²) in [4.78, 5) is 2.70. The van der Waals surface area contributed by atoms with Gasteiger partial charge in [0.2, 0.25) is 0 Å². The van der Waals surface area contributed by atoms with E-state index in [1.54, 1.807) is 0 Å². The first-order valence-corrected chi connectivity index (χ1v) is 7.34. The Morgan fingerprint density at radius 1 is 1.25 bits per heavy atom. The highest BCUT2D eigenvalue weighted by Gasteiger charge is 2.19. The molecular weight excluding hydrogens is 196 g/mol. The average molecular weight is 224 g/mol. The first kappa shape index (κ1) is 12.4. The van der Waals surface area contributed by atoms with E-state index < -0.39 is 0 Å². The van der Waals surface area contributed by atoms with E-state index in [1.165, 1.54) is 71.1 Å². The van der Waals surface area contributed by atoms with Crippen LogP contribution in [-0.2, 0) is 0 Å². The van der Waals surface area contributed by atoms with Crippen LogP contribution in [0.3, 0.4) is 0 Å². The van der Waals surface area contributed by atoms with Crippen molar-refractivity contribution in [3.63, 3.8) is 0 Å². The van der Waals surface area contributed by atoms with Crippen LogP contribution in [0.4, 0.5) is 0 Å². The van der Waals surface area contributed by atoms with Crippen LogP contribution in [0, 0.1) is 5.92 Å². The summed E-state index contributed by atoms with van der Waals surface area (Å²) in [5.41, 5.74) is 0. The zero-order valence-corrected chi connectivity index (χ0v) is 10.9. The minimum atomic E-state index is 0.840. The van der Waals surface area contributed by atoms with Crippen LogP contribution in [0.1, 0.15) is 51.9 Å². The van der Waals surface area contributed by atoms with Gasteiger partial charge in [0.25, 0.3) is 0 Å². The van der Waals surface area contributed by atoms with Crippen LogP contribution in [-0.4, -0.2) is 37.1 Å². The van der Waals surface area contributed by atoms with Gasteiger partial charge >= 0.3 is 0 Å². The van der Waals surface area contributed by atoms with Crippen molar-refractivity contribution in [2.75, 3.05) is 26.2 Å². The van der Waals surface area contributed by atoms with Crippen LogP contribution in [0.5, 0.6) is 0 Å². The van der Waals surface area contributed by atoms with Crippen LogP contribution in [0.2, 0.25) is 0 Å². The summed E-state index contributed by atoms with van der Waals surface area (Å²) in [7, 11) is 0. The molecule has 16 heavy (non-hydrogen) atoms. The van der Waals surface area contributed by atoms with Crippen molar-refractivity contribution in [1.82, 2.24) is 10.2 Å². The van der Waals surface area contributed by atoms with E-state index in [0.717, 1.165) is 12.0 Å². The highest BCUT2D eigenvalue weighted by Crippen LogP contribution is 2.20. The fraction of sp³-hybridized carbons (Fsp3) is 1.00. The molecule has 0 aromatic carbocycles. The maximum absolute atomic E-state index is 3.60. The van der Waals surface area contributed by atoms with Gasteiger partial charge in [-0.15, -0.1) is 0 Å². The Kier molecular flexibility index (Phi) is 5.11. The summed E-state index contributed by atoms with van der Waals surface area (Å²) in [5, 5.41) is 3.60. The molecule has 2 unspecified atom stereocenters. The van der Waals surface area contributed by atoms with Crippen LogP contribution in [0.15, 0.2) is 0 Å². The number of piperidine rings is 1. The molecule has 0 aromatic rings. The summed E-state index contributed by atoms with van der Waals surface area (Å²) in [6.45, 7) is 7.67. The summed E-state index contributed by atoms with van der Waals surface area (Å²) >= 11 is 0. The Labute approximate surface area is 101 Å². The van der Waals surface area contributed by atoms with Crippen molar-refractivity contribution in [2.45, 2.75) is 57.9 Å². The minimum absolute atomic E-state index is 0.840. The number of nitrogens with zero attached hydrogens (tertiary/aromatic N) is 1. The minimum Gasteiger partial charge on any atom is -0.314 e. The molecule has 0 amide bonds. The van der Waals surface area contributed by atoms with Gasteiger partial charge in [-0.3, -0.25) is 0 Å². The van der Waals surface area contributed by atoms with E-state index in [0.29, 0.717) is 0 Å². The molecule has 2 nitrogen and oxygen atoms in total. The maximum Gasteiger partial charge on any atom is 0.00680 e. The average Bonchev–Trinajstić information content (AvgIpc) is 2.82. The molecule has 0 aromatic heterocycles. The van der Waals surface area contributed by atoms with E-state index in [9.17, 15) is 0 Å². The lowest BCUT2D eigenvalue weighted by atomic mass is 9.95. The topological polar surface area (TPSA) is 15.3 Å². The monoisotopic (exact) mass is 224 g/mol. The number of hydrogen-bond donors (Lipinski definition) is 1. The highest BCUT2D eigenvalue weighted by atomic mass is 15.1. The standard InChI is InChI=1S/C14H28N2/c1-2-13-6-4-10-16(12-13)11-5-8-14-7-3-9-15-14/h13-15H,2-12H2,1H3. The lowest BCUT2D eigenvalue weighted by molar-refractivity contribution is 0.168. The Morgan fingerprint density at radius 2 is 2.19 bits per heavy atom. The molecule has 0 bridgehead atoms. The van der Waals surface area contributed by atoms with Gasteiger partial charge in [-0.2, -0.15) is 0 Å². The van der Waals surface area contributed by atoms with E-state index in [2.05, 4.69) is 17.1 Å². The van der Waals surface area contributed by atoms with Gasteiger partial charge in [0.15, 0.2) is 0 Å². The van der Waals surface area contributed by atoms with Crippen LogP contribution < -0.4 is 5.32 Å². The Bertz CT molecular complexity index is 187. The van der Waals surface area contributed by atoms with E-state index >= 15 is 0 Å². The second-order valence-electron chi connectivity index (χ2n) is 5.65. The molecule has 0 aliphatic carbocycles. The third kappa shape index (κ3) is 3.74. The lowest BCUT2D eigenvalue weighted by Gasteiger charge is -2.32. The molecular formula is C14H28N2. The van der Waals surface area contributed by atoms with Crippen molar-refractivity contribution >= 4 is 0 Å². The second-order valence-corrected chi connectivity index (χ2v) is 5.65. The van der Waals surface area contributed by atoms with Crippen molar-refractivity contribution in [3.8, 4) is 0 Å². The smallest absolute Gasteiger partial charge is 0.00680 e. The predicted molar refractivity (Wildman–Crippen MR) is 69.7 cm³/mol. The Morgan fingerprint density at radius 3 is 2.94 bits per heavy atom. The SMILES string of the molecule is CCC1CCCN(CCCC2CCCN2)C1. The molecule has 2 heteroatoms. The van der Waals surface area contributed by atoms with Gasteiger partial charge in [-0.1, -0.05) is 13.3 Å². The van der Waals surface area contributed by atoms with E-state index in [-0.39, 0.29) is 0 Å². The largest absolute Gasteiger partial charge is 0.314 e. The third-order valence-electron chi connectivity index (χ3n) is 4.37. The summed E-state index contributed by atoms with van der Waals surface area (Å²) in [6.07, 6.45) is 9.88. The first-order valence-electron chi connectivity index (χ1n) is 7.34. The molecule has 2 aliphatic heterocycles. The van der Waals surface area contributed by atoms with Crippen LogP contribution in [0.25, 0.3) is 0 Å². The molecule has 2 aliphatic rings. The van der Waals surface area contributed by atoms with Gasteiger partial charge in [0.05, 0.1) is 0 Å². The zero-order valence-electron chi connectivity index (χ0n) is 10.9. The van der Waals surface area contributed by atoms with E-state index in [4.69, 9.17) is 0 Å². The van der Waals surface area contributed by atoms with Crippen molar-refractivity contribution < 1.29 is 0 Å². The molecule has 1 N–H and O–H groups in total. The summed E-state index contributed by atoms with van der Waals surface area (Å²) < 4.78 is 0. The van der Waals surface area contributed by atoms with Crippen LogP contribution >= 0.6 is 0 Å². The fourth-order valence-corrected chi connectivity index (χ4v) is 3.25. The number of nitrogens with one attached hydrogen (secondary N) is 1. The Hall–Kier alpha value is -0.0800. The molecule has 2 atom stereocenters. The predicted octanol–water partition coefficient (Wildman–Crippen LogP) is 2.64. The molecule has 0 saturated carbocycles. The number of likely N-dealkylation sites (tertiary alicyclic amines) is 1. The molecule has 94 valence electrons. The molecule has 2 fully saturated rings. The Balaban J connectivity index is 1.58. The van der Waals surface area contributed by atoms with Crippen molar-refractivity contribution in [1.29, 1.82) is 0 Å². The fourth-order valence-electron chi connectivity index (χ4n) is 3.25. The van der Waals surface area contributed by atoms with Gasteiger partial charge in [-0.25, -0.2) is 0 Å². The molecule has 0 radical (unpaired) electrons. The molecule has 2 saturated heterocycles. The molecule has 2 rings (SSSR count). The summed E-state index contributed by atoms with van der Waals surface area (Å²) in [5.74, 6) is 0.985. The number of rotatable bonds is 5. The van der Waals surface area contributed by atoms with E-state index in [1.807, 2.05) is 0 Å². The van der Waals surface area contributed by atoms with Gasteiger partial charge in [-0.05, 0) is 64.1 Å². The quantitative estimate of drug-likeness (QED) is 0.772. The second kappa shape index (κ2) is 6.61. The van der Waals surface area contributed by atoms with Gasteiger partial charge in [0, 0.05) is 12.6 Å². The van der Waals surface area contributed by atoms with Crippen molar-refractivity contribution in [2.24, 2.45) is 5.92 Å². The molecule has 2 heterocycles. The normalized spacial score (nSPS) is 32.1. The molecule has 0 spiro atoms. The summed E-state index contributed by atoms with van der Waals surface area (Å²) in [6, 6.07) is 0.840.